The lowest BCUT2D eigenvalue weighted by Gasteiger charge is -2.07. The summed E-state index contributed by atoms with van der Waals surface area (Å²) in [7, 11) is -3.66. The Kier molecular flexibility index (Phi) is 5.14. The van der Waals surface area contributed by atoms with Crippen LogP contribution >= 0.6 is 11.6 Å². The van der Waals surface area contributed by atoms with E-state index in [2.05, 4.69) is 21.8 Å². The zero-order valence-electron chi connectivity index (χ0n) is 11.6. The molecular formula is C14H16ClN3O2S. The molecule has 0 saturated carbocycles. The standard InChI is InChI=1S/C14H16ClN3O2S/c1-2-3-4-11-5-7-12(8-6-11)21(19,20)18-14-10-9-13(15)16-17-14/h5-10H,2-4H2,1H3,(H,17,18). The molecule has 0 amide bonds. The van der Waals surface area contributed by atoms with Crippen molar-refractivity contribution in [2.75, 3.05) is 4.72 Å². The van der Waals surface area contributed by atoms with E-state index in [9.17, 15) is 8.42 Å². The number of sulfonamides is 1. The Bertz CT molecular complexity index is 685. The summed E-state index contributed by atoms with van der Waals surface area (Å²) in [4.78, 5) is 0.194. The number of halogens is 1. The van der Waals surface area contributed by atoms with Gasteiger partial charge in [-0.05, 0) is 42.7 Å². The fraction of sp³-hybridized carbons (Fsp3) is 0.286. The molecule has 0 aliphatic rings. The molecule has 7 heteroatoms. The van der Waals surface area contributed by atoms with Gasteiger partial charge in [-0.15, -0.1) is 10.2 Å². The van der Waals surface area contributed by atoms with Crippen LogP contribution in [-0.4, -0.2) is 18.6 Å². The normalized spacial score (nSPS) is 11.3. The monoisotopic (exact) mass is 325 g/mol. The first-order valence-electron chi connectivity index (χ1n) is 6.62. The van der Waals surface area contributed by atoms with Gasteiger partial charge in [0.25, 0.3) is 10.0 Å². The molecule has 1 aromatic carbocycles. The highest BCUT2D eigenvalue weighted by molar-refractivity contribution is 7.92. The topological polar surface area (TPSA) is 72.0 Å². The summed E-state index contributed by atoms with van der Waals surface area (Å²) in [5.74, 6) is 0.134. The maximum atomic E-state index is 12.2. The van der Waals surface area contributed by atoms with E-state index in [1.54, 1.807) is 12.1 Å². The predicted octanol–water partition coefficient (Wildman–Crippen LogP) is 3.27. The second-order valence-electron chi connectivity index (χ2n) is 4.59. The van der Waals surface area contributed by atoms with Gasteiger partial charge in [-0.1, -0.05) is 37.1 Å². The second-order valence-corrected chi connectivity index (χ2v) is 6.66. The van der Waals surface area contributed by atoms with Crippen LogP contribution in [0.15, 0.2) is 41.3 Å². The van der Waals surface area contributed by atoms with Crippen LogP contribution in [0.3, 0.4) is 0 Å². The lowest BCUT2D eigenvalue weighted by Crippen LogP contribution is -2.14. The summed E-state index contributed by atoms with van der Waals surface area (Å²) in [6, 6.07) is 9.78. The summed E-state index contributed by atoms with van der Waals surface area (Å²) < 4.78 is 26.8. The quantitative estimate of drug-likeness (QED) is 0.884. The molecule has 0 atom stereocenters. The van der Waals surface area contributed by atoms with Crippen molar-refractivity contribution in [1.82, 2.24) is 10.2 Å². The number of nitrogens with zero attached hydrogens (tertiary/aromatic N) is 2. The molecule has 21 heavy (non-hydrogen) atoms. The van der Waals surface area contributed by atoms with Crippen LogP contribution in [0.5, 0.6) is 0 Å². The zero-order chi connectivity index (χ0) is 15.3. The zero-order valence-corrected chi connectivity index (χ0v) is 13.2. The van der Waals surface area contributed by atoms with Crippen LogP contribution in [0.1, 0.15) is 25.3 Å². The van der Waals surface area contributed by atoms with Gasteiger partial charge in [0, 0.05) is 0 Å². The Morgan fingerprint density at radius 2 is 1.81 bits per heavy atom. The van der Waals surface area contributed by atoms with E-state index in [-0.39, 0.29) is 15.9 Å². The van der Waals surface area contributed by atoms with Crippen molar-refractivity contribution in [2.45, 2.75) is 31.1 Å². The highest BCUT2D eigenvalue weighted by Crippen LogP contribution is 2.16. The summed E-state index contributed by atoms with van der Waals surface area (Å²) in [6.45, 7) is 2.12. The highest BCUT2D eigenvalue weighted by Gasteiger charge is 2.14. The van der Waals surface area contributed by atoms with Crippen LogP contribution in [0, 0.1) is 0 Å². The van der Waals surface area contributed by atoms with Gasteiger partial charge in [-0.25, -0.2) is 8.42 Å². The lowest BCUT2D eigenvalue weighted by molar-refractivity contribution is 0.601. The molecule has 1 N–H and O–H groups in total. The average Bonchev–Trinajstić information content (AvgIpc) is 2.48. The molecule has 1 heterocycles. The summed E-state index contributed by atoms with van der Waals surface area (Å²) in [5.41, 5.74) is 1.13. The van der Waals surface area contributed by atoms with Gasteiger partial charge in [0.1, 0.15) is 0 Å². The van der Waals surface area contributed by atoms with Gasteiger partial charge >= 0.3 is 0 Å². The fourth-order valence-electron chi connectivity index (χ4n) is 1.78. The van der Waals surface area contributed by atoms with Gasteiger partial charge in [0.2, 0.25) is 0 Å². The molecule has 0 aliphatic carbocycles. The van der Waals surface area contributed by atoms with Crippen molar-refractivity contribution in [3.05, 3.63) is 47.1 Å². The molecular weight excluding hydrogens is 310 g/mol. The minimum Gasteiger partial charge on any atom is -0.262 e. The van der Waals surface area contributed by atoms with Crippen molar-refractivity contribution in [1.29, 1.82) is 0 Å². The van der Waals surface area contributed by atoms with Gasteiger partial charge < -0.3 is 0 Å². The summed E-state index contributed by atoms with van der Waals surface area (Å²) in [5, 5.41) is 7.47. The molecule has 0 saturated heterocycles. The Hall–Kier alpha value is -1.66. The number of aryl methyl sites for hydroxylation is 1. The Balaban J connectivity index is 2.13. The van der Waals surface area contributed by atoms with Crippen molar-refractivity contribution in [3.8, 4) is 0 Å². The third-order valence-corrected chi connectivity index (χ3v) is 4.50. The van der Waals surface area contributed by atoms with Crippen molar-refractivity contribution in [3.63, 3.8) is 0 Å². The molecule has 0 aliphatic heterocycles. The molecule has 0 spiro atoms. The van der Waals surface area contributed by atoms with Crippen molar-refractivity contribution >= 4 is 27.4 Å². The highest BCUT2D eigenvalue weighted by atomic mass is 35.5. The maximum absolute atomic E-state index is 12.2. The largest absolute Gasteiger partial charge is 0.263 e. The minimum absolute atomic E-state index is 0.134. The average molecular weight is 326 g/mol. The van der Waals surface area contributed by atoms with E-state index in [4.69, 9.17) is 11.6 Å². The van der Waals surface area contributed by atoms with Gasteiger partial charge in [0.05, 0.1) is 4.90 Å². The molecule has 2 rings (SSSR count). The first-order chi connectivity index (χ1) is 10.0. The number of hydrogen-bond acceptors (Lipinski definition) is 4. The molecule has 0 radical (unpaired) electrons. The summed E-state index contributed by atoms with van der Waals surface area (Å²) >= 11 is 5.61. The smallest absolute Gasteiger partial charge is 0.262 e. The number of hydrogen-bond donors (Lipinski definition) is 1. The van der Waals surface area contributed by atoms with Gasteiger partial charge in [0.15, 0.2) is 11.0 Å². The van der Waals surface area contributed by atoms with E-state index in [1.807, 2.05) is 12.1 Å². The molecule has 5 nitrogen and oxygen atoms in total. The number of unbranched alkanes of at least 4 members (excludes halogenated alkanes) is 1. The van der Waals surface area contributed by atoms with E-state index in [0.717, 1.165) is 24.8 Å². The Labute approximate surface area is 129 Å². The van der Waals surface area contributed by atoms with Crippen LogP contribution < -0.4 is 4.72 Å². The number of nitrogens with one attached hydrogen (secondary N) is 1. The van der Waals surface area contributed by atoms with Crippen molar-refractivity contribution in [2.24, 2.45) is 0 Å². The predicted molar refractivity (Wildman–Crippen MR) is 82.9 cm³/mol. The van der Waals surface area contributed by atoms with E-state index >= 15 is 0 Å². The Morgan fingerprint density at radius 3 is 2.38 bits per heavy atom. The first-order valence-corrected chi connectivity index (χ1v) is 8.48. The number of aromatic nitrogens is 2. The van der Waals surface area contributed by atoms with Gasteiger partial charge in [-0.2, -0.15) is 0 Å². The SMILES string of the molecule is CCCCc1ccc(S(=O)(=O)Nc2ccc(Cl)nn2)cc1. The van der Waals surface area contributed by atoms with Gasteiger partial charge in [-0.3, -0.25) is 4.72 Å². The molecule has 112 valence electrons. The van der Waals surface area contributed by atoms with Crippen LogP contribution in [0.25, 0.3) is 0 Å². The fourth-order valence-corrected chi connectivity index (χ4v) is 2.88. The minimum atomic E-state index is -3.66. The first kappa shape index (κ1) is 15.7. The van der Waals surface area contributed by atoms with E-state index < -0.39 is 10.0 Å². The van der Waals surface area contributed by atoms with E-state index in [0.29, 0.717) is 0 Å². The maximum Gasteiger partial charge on any atom is 0.263 e. The second kappa shape index (κ2) is 6.87. The molecule has 0 unspecified atom stereocenters. The number of anilines is 1. The third-order valence-electron chi connectivity index (χ3n) is 2.92. The summed E-state index contributed by atoms with van der Waals surface area (Å²) in [6.07, 6.45) is 3.15. The molecule has 0 fully saturated rings. The van der Waals surface area contributed by atoms with Crippen LogP contribution in [-0.2, 0) is 16.4 Å². The number of rotatable bonds is 6. The van der Waals surface area contributed by atoms with E-state index in [1.165, 1.54) is 12.1 Å². The van der Waals surface area contributed by atoms with Crippen LogP contribution in [0.2, 0.25) is 5.15 Å². The molecule has 1 aromatic heterocycles. The molecule has 0 bridgehead atoms. The van der Waals surface area contributed by atoms with Crippen molar-refractivity contribution < 1.29 is 8.42 Å². The Morgan fingerprint density at radius 1 is 1.10 bits per heavy atom. The van der Waals surface area contributed by atoms with Crippen LogP contribution in [0.4, 0.5) is 5.82 Å². The lowest BCUT2D eigenvalue weighted by atomic mass is 10.1. The third kappa shape index (κ3) is 4.41. The number of benzene rings is 1. The molecule has 2 aromatic rings.